The van der Waals surface area contributed by atoms with Gasteiger partial charge in [0.05, 0.1) is 19.1 Å². The molecule has 1 N–H and O–H groups in total. The van der Waals surface area contributed by atoms with Gasteiger partial charge in [-0.05, 0) is 60.2 Å². The van der Waals surface area contributed by atoms with Crippen molar-refractivity contribution in [2.24, 2.45) is 0 Å². The van der Waals surface area contributed by atoms with Gasteiger partial charge in [0, 0.05) is 22.2 Å². The molecule has 2 heterocycles. The fourth-order valence-corrected chi connectivity index (χ4v) is 5.93. The van der Waals surface area contributed by atoms with Crippen LogP contribution in [0.4, 0.5) is 5.69 Å². The highest BCUT2D eigenvalue weighted by atomic mass is 32.1. The van der Waals surface area contributed by atoms with Crippen LogP contribution in [0.15, 0.2) is 66.0 Å². The standard InChI is InChI=1S/C26H26N2O3S/c1-31-19-14-12-17(13-15-19)27-25(29)23-20-9-4-5-10-21(20)26(30)28(18-7-2-3-8-18)24(23)22-11-6-16-32-22/h4-6,9-16,18,23-24H,2-3,7-8H2,1H3,(H,27,29). The van der Waals surface area contributed by atoms with Crippen LogP contribution in [0.2, 0.25) is 0 Å². The number of rotatable bonds is 5. The monoisotopic (exact) mass is 446 g/mol. The molecule has 0 saturated heterocycles. The Morgan fingerprint density at radius 2 is 1.78 bits per heavy atom. The summed E-state index contributed by atoms with van der Waals surface area (Å²) in [5.74, 6) is 0.196. The van der Waals surface area contributed by atoms with E-state index in [-0.39, 0.29) is 23.9 Å². The summed E-state index contributed by atoms with van der Waals surface area (Å²) in [6.07, 6.45) is 4.22. The first-order valence-electron chi connectivity index (χ1n) is 11.1. The smallest absolute Gasteiger partial charge is 0.254 e. The minimum absolute atomic E-state index is 0.0411. The van der Waals surface area contributed by atoms with Crippen molar-refractivity contribution in [3.05, 3.63) is 82.0 Å². The summed E-state index contributed by atoms with van der Waals surface area (Å²) in [5.41, 5.74) is 2.15. The highest BCUT2D eigenvalue weighted by Gasteiger charge is 2.47. The van der Waals surface area contributed by atoms with Gasteiger partial charge in [-0.1, -0.05) is 37.1 Å². The molecule has 6 heteroatoms. The van der Waals surface area contributed by atoms with Gasteiger partial charge >= 0.3 is 0 Å². The zero-order valence-corrected chi connectivity index (χ0v) is 18.8. The molecule has 0 radical (unpaired) electrons. The molecule has 1 aliphatic heterocycles. The second kappa shape index (κ2) is 8.79. The van der Waals surface area contributed by atoms with Crippen molar-refractivity contribution in [2.45, 2.75) is 43.7 Å². The van der Waals surface area contributed by atoms with E-state index in [0.29, 0.717) is 11.3 Å². The molecule has 1 fully saturated rings. The maximum absolute atomic E-state index is 13.8. The number of benzene rings is 2. The third-order valence-corrected chi connectivity index (χ3v) is 7.51. The highest BCUT2D eigenvalue weighted by molar-refractivity contribution is 7.10. The Labute approximate surface area is 192 Å². The van der Waals surface area contributed by atoms with Crippen LogP contribution in [0.25, 0.3) is 0 Å². The van der Waals surface area contributed by atoms with Gasteiger partial charge in [-0.25, -0.2) is 0 Å². The van der Waals surface area contributed by atoms with Crippen molar-refractivity contribution in [1.82, 2.24) is 4.90 Å². The summed E-state index contributed by atoms with van der Waals surface area (Å²) in [7, 11) is 1.62. The Balaban J connectivity index is 1.58. The predicted octanol–water partition coefficient (Wildman–Crippen LogP) is 5.62. The Bertz CT molecular complexity index is 1100. The summed E-state index contributed by atoms with van der Waals surface area (Å²) in [5, 5.41) is 5.11. The summed E-state index contributed by atoms with van der Waals surface area (Å²) in [6, 6.07) is 18.8. The number of hydrogen-bond acceptors (Lipinski definition) is 4. The van der Waals surface area contributed by atoms with E-state index in [0.717, 1.165) is 41.9 Å². The average molecular weight is 447 g/mol. The van der Waals surface area contributed by atoms with Gasteiger partial charge < -0.3 is 15.0 Å². The van der Waals surface area contributed by atoms with E-state index in [2.05, 4.69) is 5.32 Å². The lowest BCUT2D eigenvalue weighted by atomic mass is 9.80. The first kappa shape index (κ1) is 20.8. The quantitative estimate of drug-likeness (QED) is 0.553. The second-order valence-corrected chi connectivity index (χ2v) is 9.37. The Kier molecular flexibility index (Phi) is 5.70. The van der Waals surface area contributed by atoms with Gasteiger partial charge in [0.25, 0.3) is 5.91 Å². The Morgan fingerprint density at radius 3 is 2.47 bits per heavy atom. The van der Waals surface area contributed by atoms with E-state index in [4.69, 9.17) is 4.74 Å². The number of methoxy groups -OCH3 is 1. The molecule has 32 heavy (non-hydrogen) atoms. The largest absolute Gasteiger partial charge is 0.497 e. The molecule has 0 spiro atoms. The van der Waals surface area contributed by atoms with E-state index < -0.39 is 5.92 Å². The minimum Gasteiger partial charge on any atom is -0.497 e. The number of anilines is 1. The molecule has 2 amide bonds. The lowest BCUT2D eigenvalue weighted by Gasteiger charge is -2.44. The molecule has 2 unspecified atom stereocenters. The third-order valence-electron chi connectivity index (χ3n) is 6.57. The molecule has 5 rings (SSSR count). The number of hydrogen-bond donors (Lipinski definition) is 1. The molecule has 2 aromatic carbocycles. The molecule has 2 aliphatic rings. The lowest BCUT2D eigenvalue weighted by Crippen LogP contribution is -2.49. The molecule has 0 bridgehead atoms. The molecular formula is C26H26N2O3S. The van der Waals surface area contributed by atoms with Crippen LogP contribution in [0.3, 0.4) is 0 Å². The van der Waals surface area contributed by atoms with E-state index in [1.807, 2.05) is 70.9 Å². The molecule has 1 saturated carbocycles. The number of nitrogens with zero attached hydrogens (tertiary/aromatic N) is 1. The molecule has 1 aromatic heterocycles. The van der Waals surface area contributed by atoms with Crippen molar-refractivity contribution in [2.75, 3.05) is 12.4 Å². The zero-order valence-electron chi connectivity index (χ0n) is 18.0. The molecule has 2 atom stereocenters. The van der Waals surface area contributed by atoms with E-state index in [9.17, 15) is 9.59 Å². The highest BCUT2D eigenvalue weighted by Crippen LogP contribution is 2.47. The van der Waals surface area contributed by atoms with Crippen LogP contribution in [0.1, 0.15) is 58.4 Å². The van der Waals surface area contributed by atoms with Gasteiger partial charge in [0.15, 0.2) is 0 Å². The number of nitrogens with one attached hydrogen (secondary N) is 1. The van der Waals surface area contributed by atoms with Crippen molar-refractivity contribution >= 4 is 28.8 Å². The first-order chi connectivity index (χ1) is 15.7. The van der Waals surface area contributed by atoms with Crippen LogP contribution in [0, 0.1) is 0 Å². The Morgan fingerprint density at radius 1 is 1.03 bits per heavy atom. The van der Waals surface area contributed by atoms with E-state index in [1.165, 1.54) is 0 Å². The number of amides is 2. The fourth-order valence-electron chi connectivity index (χ4n) is 5.07. The van der Waals surface area contributed by atoms with Crippen molar-refractivity contribution in [3.63, 3.8) is 0 Å². The fraction of sp³-hybridized carbons (Fsp3) is 0.308. The third kappa shape index (κ3) is 3.69. The van der Waals surface area contributed by atoms with E-state index in [1.54, 1.807) is 18.4 Å². The van der Waals surface area contributed by atoms with Crippen LogP contribution in [-0.2, 0) is 4.79 Å². The number of carbonyl (C=O) groups excluding carboxylic acids is 2. The molecule has 5 nitrogen and oxygen atoms in total. The minimum atomic E-state index is -0.481. The summed E-state index contributed by atoms with van der Waals surface area (Å²) in [4.78, 5) is 30.5. The molecule has 1 aliphatic carbocycles. The van der Waals surface area contributed by atoms with Crippen LogP contribution in [-0.4, -0.2) is 29.9 Å². The van der Waals surface area contributed by atoms with Gasteiger partial charge in [-0.2, -0.15) is 0 Å². The summed E-state index contributed by atoms with van der Waals surface area (Å²) >= 11 is 1.61. The SMILES string of the molecule is COc1ccc(NC(=O)C2c3ccccc3C(=O)N(C3CCCC3)C2c2cccs2)cc1. The summed E-state index contributed by atoms with van der Waals surface area (Å²) in [6.45, 7) is 0. The van der Waals surface area contributed by atoms with Gasteiger partial charge in [0.2, 0.25) is 5.91 Å². The Hall–Kier alpha value is -3.12. The number of ether oxygens (including phenoxy) is 1. The maximum Gasteiger partial charge on any atom is 0.254 e. The van der Waals surface area contributed by atoms with Crippen molar-refractivity contribution in [1.29, 1.82) is 0 Å². The van der Waals surface area contributed by atoms with Crippen LogP contribution < -0.4 is 10.1 Å². The van der Waals surface area contributed by atoms with Crippen molar-refractivity contribution in [3.8, 4) is 5.75 Å². The van der Waals surface area contributed by atoms with Crippen LogP contribution in [0.5, 0.6) is 5.75 Å². The predicted molar refractivity (Wildman–Crippen MR) is 126 cm³/mol. The maximum atomic E-state index is 13.8. The van der Waals surface area contributed by atoms with Crippen molar-refractivity contribution < 1.29 is 14.3 Å². The van der Waals surface area contributed by atoms with Crippen LogP contribution >= 0.6 is 11.3 Å². The lowest BCUT2D eigenvalue weighted by molar-refractivity contribution is -0.119. The number of carbonyl (C=O) groups is 2. The zero-order chi connectivity index (χ0) is 22.1. The topological polar surface area (TPSA) is 58.6 Å². The average Bonchev–Trinajstić information content (AvgIpc) is 3.54. The normalized spacial score (nSPS) is 20.8. The molecule has 3 aromatic rings. The molecular weight excluding hydrogens is 420 g/mol. The number of thiophene rings is 1. The first-order valence-corrected chi connectivity index (χ1v) is 12.0. The number of fused-ring (bicyclic) bond motifs is 1. The second-order valence-electron chi connectivity index (χ2n) is 8.39. The van der Waals surface area contributed by atoms with Gasteiger partial charge in [-0.15, -0.1) is 11.3 Å². The summed E-state index contributed by atoms with van der Waals surface area (Å²) < 4.78 is 5.23. The molecule has 164 valence electrons. The van der Waals surface area contributed by atoms with Gasteiger partial charge in [0.1, 0.15) is 5.75 Å². The van der Waals surface area contributed by atoms with Gasteiger partial charge in [-0.3, -0.25) is 9.59 Å². The van der Waals surface area contributed by atoms with E-state index >= 15 is 0 Å².